The summed E-state index contributed by atoms with van der Waals surface area (Å²) < 4.78 is 6.04. The van der Waals surface area contributed by atoms with Gasteiger partial charge in [0.15, 0.2) is 6.04 Å². The van der Waals surface area contributed by atoms with Gasteiger partial charge in [-0.25, -0.2) is 9.59 Å². The smallest absolute Gasteiger partial charge is 0.411 e. The molecule has 0 saturated carbocycles. The Morgan fingerprint density at radius 3 is 2.18 bits per heavy atom. The first-order valence-corrected chi connectivity index (χ1v) is 11.2. The number of anilines is 1. The molecule has 34 heavy (non-hydrogen) atoms. The molecule has 3 aromatic carbocycles. The summed E-state index contributed by atoms with van der Waals surface area (Å²) in [5.41, 5.74) is 4.81. The van der Waals surface area contributed by atoms with Crippen LogP contribution in [0.2, 0.25) is 0 Å². The molecule has 8 nitrogen and oxygen atoms in total. The van der Waals surface area contributed by atoms with Crippen molar-refractivity contribution in [3.05, 3.63) is 87.9 Å². The molecule has 1 aliphatic rings. The van der Waals surface area contributed by atoms with Crippen molar-refractivity contribution in [2.45, 2.75) is 12.0 Å². The number of amides is 2. The van der Waals surface area contributed by atoms with E-state index in [1.165, 1.54) is 12.1 Å². The van der Waals surface area contributed by atoms with Gasteiger partial charge in [0.1, 0.15) is 6.61 Å². The summed E-state index contributed by atoms with van der Waals surface area (Å²) in [5.74, 6) is -2.15. The van der Waals surface area contributed by atoms with Crippen LogP contribution in [0.15, 0.2) is 71.2 Å². The van der Waals surface area contributed by atoms with Crippen LogP contribution < -0.4 is 10.6 Å². The number of benzene rings is 3. The topological polar surface area (TPSA) is 125 Å². The lowest BCUT2D eigenvalue weighted by Gasteiger charge is -2.16. The Hall–Kier alpha value is -3.69. The second-order valence-electron chi connectivity index (χ2n) is 7.69. The molecule has 0 bridgehead atoms. The van der Waals surface area contributed by atoms with Gasteiger partial charge < -0.3 is 20.3 Å². The summed E-state index contributed by atoms with van der Waals surface area (Å²) in [7, 11) is 0. The van der Waals surface area contributed by atoms with E-state index >= 15 is 0 Å². The number of carboxylic acid groups (broad SMARTS) is 1. The molecule has 0 spiro atoms. The molecule has 1 atom stereocenters. The van der Waals surface area contributed by atoms with Crippen molar-refractivity contribution in [2.24, 2.45) is 0 Å². The SMILES string of the molecule is O=C(Nc1cc(C(=O)N[C@@H](CO)C(=O)O)ccc1Br)OCC1c2ccccc2-c2ccccc21. The second-order valence-corrected chi connectivity index (χ2v) is 8.55. The number of halogens is 1. The van der Waals surface area contributed by atoms with Crippen molar-refractivity contribution in [3.8, 4) is 11.1 Å². The maximum absolute atomic E-state index is 12.6. The maximum atomic E-state index is 12.6. The minimum Gasteiger partial charge on any atom is -0.480 e. The highest BCUT2D eigenvalue weighted by Gasteiger charge is 2.29. The molecule has 4 rings (SSSR count). The van der Waals surface area contributed by atoms with E-state index in [9.17, 15) is 14.4 Å². The van der Waals surface area contributed by atoms with Gasteiger partial charge in [0.05, 0.1) is 12.3 Å². The van der Waals surface area contributed by atoms with Crippen LogP contribution in [0.1, 0.15) is 27.4 Å². The van der Waals surface area contributed by atoms with Gasteiger partial charge in [0, 0.05) is 16.0 Å². The molecular weight excluding hydrogens is 504 g/mol. The number of rotatable bonds is 7. The zero-order chi connectivity index (χ0) is 24.2. The molecule has 0 heterocycles. The van der Waals surface area contributed by atoms with E-state index in [1.54, 1.807) is 6.07 Å². The Kier molecular flexibility index (Phi) is 6.95. The molecular formula is C25H21BrN2O6. The molecule has 0 aliphatic heterocycles. The van der Waals surface area contributed by atoms with Crippen LogP contribution >= 0.6 is 15.9 Å². The van der Waals surface area contributed by atoms with E-state index in [4.69, 9.17) is 14.9 Å². The Labute approximate surface area is 203 Å². The highest BCUT2D eigenvalue weighted by Crippen LogP contribution is 2.44. The highest BCUT2D eigenvalue weighted by molar-refractivity contribution is 9.10. The summed E-state index contributed by atoms with van der Waals surface area (Å²) in [6.07, 6.45) is -0.695. The lowest BCUT2D eigenvalue weighted by Crippen LogP contribution is -2.43. The summed E-state index contributed by atoms with van der Waals surface area (Å²) in [5, 5.41) is 22.9. The van der Waals surface area contributed by atoms with E-state index in [0.29, 0.717) is 4.47 Å². The van der Waals surface area contributed by atoms with E-state index in [2.05, 4.69) is 26.6 Å². The van der Waals surface area contributed by atoms with E-state index in [0.717, 1.165) is 22.3 Å². The third kappa shape index (κ3) is 4.80. The number of hydrogen-bond acceptors (Lipinski definition) is 5. The molecule has 2 amide bonds. The van der Waals surface area contributed by atoms with Crippen molar-refractivity contribution in [2.75, 3.05) is 18.5 Å². The van der Waals surface area contributed by atoms with Gasteiger partial charge in [-0.2, -0.15) is 0 Å². The van der Waals surface area contributed by atoms with Crippen molar-refractivity contribution in [1.82, 2.24) is 5.32 Å². The highest BCUT2D eigenvalue weighted by atomic mass is 79.9. The predicted octanol–water partition coefficient (Wildman–Crippen LogP) is 3.99. The normalized spacial score (nSPS) is 12.9. The molecule has 3 aromatic rings. The Morgan fingerprint density at radius 1 is 0.971 bits per heavy atom. The number of carboxylic acids is 1. The average Bonchev–Trinajstić information content (AvgIpc) is 3.16. The third-order valence-electron chi connectivity index (χ3n) is 5.59. The fourth-order valence-corrected chi connectivity index (χ4v) is 4.28. The minimum absolute atomic E-state index is 0.0925. The van der Waals surface area contributed by atoms with E-state index in [-0.39, 0.29) is 23.8 Å². The van der Waals surface area contributed by atoms with Gasteiger partial charge in [0.25, 0.3) is 5.91 Å². The molecule has 0 fully saturated rings. The first-order valence-electron chi connectivity index (χ1n) is 10.4. The lowest BCUT2D eigenvalue weighted by atomic mass is 9.98. The van der Waals surface area contributed by atoms with E-state index in [1.807, 2.05) is 48.5 Å². The summed E-state index contributed by atoms with van der Waals surface area (Å²) in [6.45, 7) is -0.614. The lowest BCUT2D eigenvalue weighted by molar-refractivity contribution is -0.140. The maximum Gasteiger partial charge on any atom is 0.411 e. The number of aliphatic hydroxyl groups excluding tert-OH is 1. The number of carbonyl (C=O) groups excluding carboxylic acids is 2. The number of fused-ring (bicyclic) bond motifs is 3. The van der Waals surface area contributed by atoms with Gasteiger partial charge in [-0.05, 0) is 56.4 Å². The second kappa shape index (κ2) is 10.1. The first-order chi connectivity index (χ1) is 16.4. The molecule has 0 aromatic heterocycles. The number of carbonyl (C=O) groups is 3. The zero-order valence-corrected chi connectivity index (χ0v) is 19.4. The van der Waals surface area contributed by atoms with Crippen LogP contribution in [-0.2, 0) is 9.53 Å². The molecule has 0 saturated heterocycles. The summed E-state index contributed by atoms with van der Waals surface area (Å²) >= 11 is 3.32. The van der Waals surface area contributed by atoms with Crippen LogP contribution in [0.3, 0.4) is 0 Å². The number of nitrogens with one attached hydrogen (secondary N) is 2. The van der Waals surface area contributed by atoms with Crippen LogP contribution in [0.4, 0.5) is 10.5 Å². The van der Waals surface area contributed by atoms with Gasteiger partial charge in [0.2, 0.25) is 0 Å². The summed E-state index contributed by atoms with van der Waals surface area (Å²) in [4.78, 5) is 36.0. The Morgan fingerprint density at radius 2 is 1.59 bits per heavy atom. The quantitative estimate of drug-likeness (QED) is 0.370. The Bertz CT molecular complexity index is 1220. The number of ether oxygens (including phenoxy) is 1. The van der Waals surface area contributed by atoms with Gasteiger partial charge in [-0.15, -0.1) is 0 Å². The Balaban J connectivity index is 1.44. The minimum atomic E-state index is -1.44. The summed E-state index contributed by atoms with van der Waals surface area (Å²) in [6, 6.07) is 19.0. The van der Waals surface area contributed by atoms with Crippen LogP contribution in [0.5, 0.6) is 0 Å². The third-order valence-corrected chi connectivity index (χ3v) is 6.29. The van der Waals surface area contributed by atoms with Crippen molar-refractivity contribution < 1.29 is 29.3 Å². The van der Waals surface area contributed by atoms with E-state index < -0.39 is 30.6 Å². The van der Waals surface area contributed by atoms with Crippen LogP contribution in [0, 0.1) is 0 Å². The van der Waals surface area contributed by atoms with Crippen molar-refractivity contribution in [1.29, 1.82) is 0 Å². The molecule has 0 radical (unpaired) electrons. The zero-order valence-electron chi connectivity index (χ0n) is 17.8. The molecule has 0 unspecified atom stereocenters. The van der Waals surface area contributed by atoms with Crippen molar-refractivity contribution >= 4 is 39.6 Å². The monoisotopic (exact) mass is 524 g/mol. The number of hydrogen-bond donors (Lipinski definition) is 4. The fourth-order valence-electron chi connectivity index (χ4n) is 3.93. The average molecular weight is 525 g/mol. The standard InChI is InChI=1S/C25H21BrN2O6/c26-20-10-9-14(23(30)27-22(12-29)24(31)32)11-21(20)28-25(33)34-13-19-17-7-3-1-5-15(17)16-6-2-4-8-18(16)19/h1-11,19,22,29H,12-13H2,(H,27,30)(H,28,33)(H,31,32)/t22-/m0/s1. The number of aliphatic hydroxyl groups is 1. The van der Waals surface area contributed by atoms with Crippen molar-refractivity contribution in [3.63, 3.8) is 0 Å². The molecule has 1 aliphatic carbocycles. The van der Waals surface area contributed by atoms with Crippen LogP contribution in [0.25, 0.3) is 11.1 Å². The first kappa shape index (κ1) is 23.5. The largest absolute Gasteiger partial charge is 0.480 e. The molecule has 9 heteroatoms. The predicted molar refractivity (Wildman–Crippen MR) is 129 cm³/mol. The molecule has 4 N–H and O–H groups in total. The number of aliphatic carboxylic acids is 1. The van der Waals surface area contributed by atoms with Gasteiger partial charge >= 0.3 is 12.1 Å². The fraction of sp³-hybridized carbons (Fsp3) is 0.160. The van der Waals surface area contributed by atoms with Crippen LogP contribution in [-0.4, -0.2) is 47.4 Å². The van der Waals surface area contributed by atoms with Gasteiger partial charge in [-0.1, -0.05) is 48.5 Å². The molecule has 174 valence electrons. The van der Waals surface area contributed by atoms with Gasteiger partial charge in [-0.3, -0.25) is 10.1 Å².